The summed E-state index contributed by atoms with van der Waals surface area (Å²) in [5.41, 5.74) is 2.70. The summed E-state index contributed by atoms with van der Waals surface area (Å²) in [4.78, 5) is 17.3. The maximum absolute atomic E-state index is 12.8. The maximum atomic E-state index is 12.8. The first-order valence-corrected chi connectivity index (χ1v) is 16.4. The summed E-state index contributed by atoms with van der Waals surface area (Å²) in [6.45, 7) is 10.6. The lowest BCUT2D eigenvalue weighted by Crippen LogP contribution is -2.66. The van der Waals surface area contributed by atoms with Gasteiger partial charge in [-0.15, -0.1) is 0 Å². The van der Waals surface area contributed by atoms with Crippen molar-refractivity contribution in [3.05, 3.63) is 117 Å². The average Bonchev–Trinajstić information content (AvgIpc) is 2.93. The highest BCUT2D eigenvalue weighted by Gasteiger charge is 2.49. The lowest BCUT2D eigenvalue weighted by Gasteiger charge is -2.43. The fourth-order valence-electron chi connectivity index (χ4n) is 5.02. The van der Waals surface area contributed by atoms with Crippen LogP contribution in [0.15, 0.2) is 95.6 Å². The third-order valence-corrected chi connectivity index (χ3v) is 13.2. The molecule has 1 aromatic heterocycles. The normalized spacial score (nSPS) is 11.8. The second kappa shape index (κ2) is 13.2. The van der Waals surface area contributed by atoms with Crippen LogP contribution >= 0.6 is 27.5 Å². The highest BCUT2D eigenvalue weighted by atomic mass is 79.9. The van der Waals surface area contributed by atoms with E-state index in [0.717, 1.165) is 15.6 Å². The third-order valence-electron chi connectivity index (χ3n) is 6.89. The lowest BCUT2D eigenvalue weighted by atomic mass is 10.1. The highest BCUT2D eigenvalue weighted by molar-refractivity contribution is 9.10. The van der Waals surface area contributed by atoms with Gasteiger partial charge in [0.2, 0.25) is 0 Å². The van der Waals surface area contributed by atoms with Crippen LogP contribution in [0.5, 0.6) is 0 Å². The number of aryl methyl sites for hydroxylation is 1. The van der Waals surface area contributed by atoms with Crippen LogP contribution in [-0.2, 0) is 11.0 Å². The predicted octanol–water partition coefficient (Wildman–Crippen LogP) is 6.72. The molecule has 8 heteroatoms. The van der Waals surface area contributed by atoms with Crippen LogP contribution in [0.2, 0.25) is 10.1 Å². The molecule has 1 amide bonds. The topological polar surface area (TPSA) is 63.2 Å². The third kappa shape index (κ3) is 6.73. The zero-order chi connectivity index (χ0) is 28.8. The van der Waals surface area contributed by atoms with Gasteiger partial charge in [-0.2, -0.15) is 0 Å². The summed E-state index contributed by atoms with van der Waals surface area (Å²) < 4.78 is 7.67. The minimum absolute atomic E-state index is 0.0623. The number of aromatic nitrogens is 1. The minimum atomic E-state index is -2.56. The average molecular weight is 637 g/mol. The van der Waals surface area contributed by atoms with Crippen LogP contribution in [0.1, 0.15) is 42.4 Å². The molecular weight excluding hydrogens is 602 g/mol. The van der Waals surface area contributed by atoms with Crippen molar-refractivity contribution in [3.8, 4) is 0 Å². The monoisotopic (exact) mass is 635 g/mol. The Kier molecular flexibility index (Phi) is 9.98. The van der Waals surface area contributed by atoms with E-state index in [1.165, 1.54) is 10.4 Å². The van der Waals surface area contributed by atoms with Crippen molar-refractivity contribution in [2.45, 2.75) is 39.3 Å². The summed E-state index contributed by atoms with van der Waals surface area (Å²) in [5.74, 6) is -0.296. The van der Waals surface area contributed by atoms with Crippen molar-refractivity contribution in [3.63, 3.8) is 0 Å². The van der Waals surface area contributed by atoms with Crippen molar-refractivity contribution >= 4 is 57.8 Å². The van der Waals surface area contributed by atoms with E-state index < -0.39 is 8.32 Å². The molecule has 0 fully saturated rings. The molecule has 0 aliphatic carbocycles. The first-order chi connectivity index (χ1) is 19.1. The number of nitrogens with one attached hydrogen (secondary N) is 2. The van der Waals surface area contributed by atoms with E-state index >= 15 is 0 Å². The molecule has 1 heterocycles. The first kappa shape index (κ1) is 30.2. The second-order valence-corrected chi connectivity index (χ2v) is 16.3. The summed E-state index contributed by atoms with van der Waals surface area (Å²) in [5, 5.41) is 9.27. The van der Waals surface area contributed by atoms with Crippen LogP contribution in [0.4, 0.5) is 5.69 Å². The fourth-order valence-corrected chi connectivity index (χ4v) is 10.1. The van der Waals surface area contributed by atoms with Crippen LogP contribution in [0.25, 0.3) is 0 Å². The molecule has 3 aromatic carbocycles. The van der Waals surface area contributed by atoms with Crippen molar-refractivity contribution in [2.24, 2.45) is 0 Å². The molecule has 40 heavy (non-hydrogen) atoms. The number of rotatable bonds is 10. The van der Waals surface area contributed by atoms with E-state index in [4.69, 9.17) is 16.0 Å². The second-order valence-electron chi connectivity index (χ2n) is 10.8. The highest BCUT2D eigenvalue weighted by Crippen LogP contribution is 2.36. The molecule has 0 aliphatic rings. The van der Waals surface area contributed by atoms with E-state index in [1.807, 2.05) is 25.1 Å². The number of pyridine rings is 1. The lowest BCUT2D eigenvalue weighted by molar-refractivity contribution is 0.102. The van der Waals surface area contributed by atoms with Gasteiger partial charge in [-0.1, -0.05) is 105 Å². The van der Waals surface area contributed by atoms with E-state index in [2.05, 4.69) is 113 Å². The number of amides is 1. The Bertz CT molecular complexity index is 1410. The standard InChI is InChI=1S/C32H35BrClN3O2Si/c1-23-20-24(22-36-30(23)31(38)37-28-17-11-16-27(33)29(28)34)21-35-18-19-39-40(32(2,3)4,25-12-7-5-8-13-25)26-14-9-6-10-15-26/h5-17,20,22,35H,18-19,21H2,1-4H3,(H,37,38). The quantitative estimate of drug-likeness (QED) is 0.150. The predicted molar refractivity (Wildman–Crippen MR) is 171 cm³/mol. The molecule has 4 rings (SSSR count). The van der Waals surface area contributed by atoms with Gasteiger partial charge in [-0.3, -0.25) is 9.78 Å². The van der Waals surface area contributed by atoms with Gasteiger partial charge in [-0.05, 0) is 61.5 Å². The van der Waals surface area contributed by atoms with Gasteiger partial charge in [0.05, 0.1) is 10.7 Å². The molecule has 0 bridgehead atoms. The first-order valence-electron chi connectivity index (χ1n) is 13.3. The molecular formula is C32H35BrClN3O2Si. The Hall–Kier alpha value is -2.81. The van der Waals surface area contributed by atoms with Crippen molar-refractivity contribution in [1.29, 1.82) is 0 Å². The molecule has 2 N–H and O–H groups in total. The van der Waals surface area contributed by atoms with Gasteiger partial charge >= 0.3 is 0 Å². The largest absolute Gasteiger partial charge is 0.406 e. The van der Waals surface area contributed by atoms with Gasteiger partial charge in [0.25, 0.3) is 14.2 Å². The maximum Gasteiger partial charge on any atom is 0.274 e. The van der Waals surface area contributed by atoms with Crippen LogP contribution in [0, 0.1) is 6.92 Å². The Morgan fingerprint density at radius 3 is 2.17 bits per heavy atom. The van der Waals surface area contributed by atoms with E-state index in [-0.39, 0.29) is 10.9 Å². The molecule has 0 saturated carbocycles. The summed E-state index contributed by atoms with van der Waals surface area (Å²) in [6, 6.07) is 28.7. The Morgan fingerprint density at radius 1 is 0.975 bits per heavy atom. The Morgan fingerprint density at radius 2 is 1.60 bits per heavy atom. The van der Waals surface area contributed by atoms with Crippen molar-refractivity contribution in [1.82, 2.24) is 10.3 Å². The molecule has 0 saturated heterocycles. The summed E-state index contributed by atoms with van der Waals surface area (Å²) in [6.07, 6.45) is 1.74. The summed E-state index contributed by atoms with van der Waals surface area (Å²) >= 11 is 9.68. The number of halogens is 2. The van der Waals surface area contributed by atoms with Gasteiger partial charge in [0.15, 0.2) is 0 Å². The Labute approximate surface area is 251 Å². The van der Waals surface area contributed by atoms with Gasteiger partial charge in [0.1, 0.15) is 5.69 Å². The van der Waals surface area contributed by atoms with Crippen LogP contribution in [-0.4, -0.2) is 32.4 Å². The number of carbonyl (C=O) groups excluding carboxylic acids is 1. The van der Waals surface area contributed by atoms with E-state index in [9.17, 15) is 4.79 Å². The number of nitrogens with zero attached hydrogens (tertiary/aromatic N) is 1. The molecule has 0 aliphatic heterocycles. The van der Waals surface area contributed by atoms with Crippen LogP contribution < -0.4 is 21.0 Å². The summed E-state index contributed by atoms with van der Waals surface area (Å²) in [7, 11) is -2.56. The number of hydrogen-bond acceptors (Lipinski definition) is 4. The molecule has 0 radical (unpaired) electrons. The SMILES string of the molecule is Cc1cc(CNCCO[Si](c2ccccc2)(c2ccccc2)C(C)(C)C)cnc1C(=O)Nc1cccc(Br)c1Cl. The number of benzene rings is 3. The van der Waals surface area contributed by atoms with E-state index in [0.29, 0.717) is 36.1 Å². The fraction of sp³-hybridized carbons (Fsp3) is 0.250. The molecule has 0 spiro atoms. The molecule has 0 atom stereocenters. The van der Waals surface area contributed by atoms with Crippen molar-refractivity contribution < 1.29 is 9.22 Å². The van der Waals surface area contributed by atoms with Gasteiger partial charge in [0, 0.05) is 30.4 Å². The van der Waals surface area contributed by atoms with Gasteiger partial charge in [-0.25, -0.2) is 0 Å². The smallest absolute Gasteiger partial charge is 0.274 e. The molecule has 208 valence electrons. The van der Waals surface area contributed by atoms with Crippen LogP contribution in [0.3, 0.4) is 0 Å². The number of carbonyl (C=O) groups is 1. The minimum Gasteiger partial charge on any atom is -0.406 e. The Balaban J connectivity index is 1.40. The van der Waals surface area contributed by atoms with Crippen molar-refractivity contribution in [2.75, 3.05) is 18.5 Å². The number of hydrogen-bond donors (Lipinski definition) is 2. The van der Waals surface area contributed by atoms with E-state index in [1.54, 1.807) is 12.3 Å². The molecule has 0 unspecified atom stereocenters. The number of anilines is 1. The molecule has 5 nitrogen and oxygen atoms in total. The zero-order valence-electron chi connectivity index (χ0n) is 23.3. The zero-order valence-corrected chi connectivity index (χ0v) is 26.6. The molecule has 4 aromatic rings. The van der Waals surface area contributed by atoms with Gasteiger partial charge < -0.3 is 15.1 Å².